The second-order valence-corrected chi connectivity index (χ2v) is 11.5. The minimum atomic E-state index is -0.437. The number of unbranched alkanes of at least 4 members (excludes halogenated alkanes) is 12. The summed E-state index contributed by atoms with van der Waals surface area (Å²) in [5, 5.41) is 5.00. The molecule has 1 atom stereocenters. The zero-order valence-corrected chi connectivity index (χ0v) is 22.6. The maximum Gasteiger partial charge on any atom is 0.293 e. The molecule has 0 aliphatic carbocycles. The highest BCUT2D eigenvalue weighted by Crippen LogP contribution is 2.30. The van der Waals surface area contributed by atoms with Gasteiger partial charge in [0.05, 0.1) is 4.88 Å². The second-order valence-electron chi connectivity index (χ2n) is 9.48. The molecule has 186 valence electrons. The summed E-state index contributed by atoms with van der Waals surface area (Å²) in [5.41, 5.74) is 0. The summed E-state index contributed by atoms with van der Waals surface area (Å²) in [4.78, 5) is 25.7. The van der Waals surface area contributed by atoms with Gasteiger partial charge in [0.25, 0.3) is 11.7 Å². The van der Waals surface area contributed by atoms with Crippen molar-refractivity contribution in [2.24, 2.45) is 5.92 Å². The van der Waals surface area contributed by atoms with E-state index in [-0.39, 0.29) is 5.78 Å². The third-order valence-corrected chi connectivity index (χ3v) is 8.64. The fraction of sp³-hybridized carbons (Fsp3) is 0.714. The molecule has 2 heterocycles. The lowest BCUT2D eigenvalue weighted by molar-refractivity contribution is -0.117. The van der Waals surface area contributed by atoms with E-state index in [0.29, 0.717) is 17.3 Å². The zero-order valence-electron chi connectivity index (χ0n) is 21.0. The Balaban J connectivity index is 1.73. The first-order chi connectivity index (χ1) is 16.2. The van der Waals surface area contributed by atoms with Crippen LogP contribution in [0.15, 0.2) is 17.5 Å². The van der Waals surface area contributed by atoms with Crippen LogP contribution in [-0.4, -0.2) is 18.2 Å². The average Bonchev–Trinajstić information content (AvgIpc) is 3.42. The van der Waals surface area contributed by atoms with Crippen molar-refractivity contribution in [1.82, 2.24) is 5.32 Å². The quantitative estimate of drug-likeness (QED) is 0.114. The fourth-order valence-corrected chi connectivity index (χ4v) is 6.48. The van der Waals surface area contributed by atoms with E-state index in [9.17, 15) is 9.59 Å². The molecule has 1 N–H and O–H groups in total. The smallest absolute Gasteiger partial charge is 0.293 e. The second kappa shape index (κ2) is 17.3. The Labute approximate surface area is 209 Å². The first-order valence-electron chi connectivity index (χ1n) is 13.4. The molecule has 0 aliphatic heterocycles. The van der Waals surface area contributed by atoms with Gasteiger partial charge in [-0.1, -0.05) is 104 Å². The van der Waals surface area contributed by atoms with E-state index in [1.54, 1.807) is 11.3 Å². The molecule has 5 heteroatoms. The summed E-state index contributed by atoms with van der Waals surface area (Å²) in [6.45, 7) is 5.15. The normalized spacial score (nSPS) is 12.3. The first-order valence-corrected chi connectivity index (χ1v) is 15.1. The molecule has 0 bridgehead atoms. The lowest BCUT2D eigenvalue weighted by Gasteiger charge is -2.17. The van der Waals surface area contributed by atoms with Crippen molar-refractivity contribution >= 4 is 43.8 Å². The lowest BCUT2D eigenvalue weighted by atomic mass is 9.94. The van der Waals surface area contributed by atoms with E-state index in [2.05, 4.69) is 19.2 Å². The van der Waals surface area contributed by atoms with Gasteiger partial charge in [0.15, 0.2) is 0 Å². The van der Waals surface area contributed by atoms with Crippen molar-refractivity contribution in [3.8, 4) is 0 Å². The van der Waals surface area contributed by atoms with Crippen LogP contribution in [0.2, 0.25) is 0 Å². The maximum atomic E-state index is 12.6. The molecule has 2 rings (SSSR count). The van der Waals surface area contributed by atoms with Gasteiger partial charge in [-0.3, -0.25) is 9.59 Å². The van der Waals surface area contributed by atoms with E-state index in [1.807, 2.05) is 17.5 Å². The first kappa shape index (κ1) is 28.0. The van der Waals surface area contributed by atoms with Crippen LogP contribution in [0.4, 0.5) is 0 Å². The molecule has 0 spiro atoms. The zero-order chi connectivity index (χ0) is 23.7. The number of Topliss-reactive ketones (excluding diaryl/α,β-unsaturated/α-hetero) is 1. The predicted molar refractivity (Wildman–Crippen MR) is 146 cm³/mol. The third-order valence-electron chi connectivity index (χ3n) is 6.55. The fourth-order valence-electron chi connectivity index (χ4n) is 4.44. The van der Waals surface area contributed by atoms with Crippen LogP contribution in [0, 0.1) is 5.92 Å². The molecular weight excluding hydrogens is 446 g/mol. The van der Waals surface area contributed by atoms with Crippen LogP contribution in [0.3, 0.4) is 0 Å². The maximum absolute atomic E-state index is 12.6. The van der Waals surface area contributed by atoms with Gasteiger partial charge in [-0.15, -0.1) is 22.7 Å². The van der Waals surface area contributed by atoms with Crippen molar-refractivity contribution in [1.29, 1.82) is 0 Å². The Morgan fingerprint density at radius 2 is 1.33 bits per heavy atom. The highest BCUT2D eigenvalue weighted by molar-refractivity contribution is 7.28. The molecule has 1 amide bonds. The minimum absolute atomic E-state index is 0.381. The Morgan fingerprint density at radius 3 is 1.88 bits per heavy atom. The molecular formula is C28H45NO2S2. The number of thiophene rings is 2. The van der Waals surface area contributed by atoms with Crippen molar-refractivity contribution in [3.63, 3.8) is 0 Å². The lowest BCUT2D eigenvalue weighted by Crippen LogP contribution is -2.34. The van der Waals surface area contributed by atoms with Gasteiger partial charge < -0.3 is 5.32 Å². The molecule has 3 nitrogen and oxygen atoms in total. The number of rotatable bonds is 20. The predicted octanol–water partition coefficient (Wildman–Crippen LogP) is 9.16. The third kappa shape index (κ3) is 11.2. The molecule has 1 unspecified atom stereocenters. The number of hydrogen-bond donors (Lipinski definition) is 1. The van der Waals surface area contributed by atoms with E-state index in [1.165, 1.54) is 101 Å². The van der Waals surface area contributed by atoms with Gasteiger partial charge in [0.2, 0.25) is 0 Å². The average molecular weight is 492 g/mol. The minimum Gasteiger partial charge on any atom is -0.349 e. The van der Waals surface area contributed by atoms with E-state index in [0.717, 1.165) is 22.2 Å². The molecule has 0 aromatic carbocycles. The highest BCUT2D eigenvalue weighted by Gasteiger charge is 2.20. The highest BCUT2D eigenvalue weighted by atomic mass is 32.1. The number of nitrogens with one attached hydrogen (secondary N) is 1. The van der Waals surface area contributed by atoms with Crippen LogP contribution in [0.1, 0.15) is 126 Å². The number of carbonyl (C=O) groups is 2. The molecule has 0 saturated carbocycles. The SMILES string of the molecule is CCCCCCCCCCC(CCCCCCCC)CNC(=O)C(=O)c1cc2sccc2s1. The molecule has 0 radical (unpaired) electrons. The molecule has 0 fully saturated rings. The van der Waals surface area contributed by atoms with Crippen LogP contribution in [-0.2, 0) is 4.79 Å². The topological polar surface area (TPSA) is 46.2 Å². The van der Waals surface area contributed by atoms with Gasteiger partial charge in [-0.05, 0) is 36.3 Å². The Bertz CT molecular complexity index is 766. The van der Waals surface area contributed by atoms with Crippen molar-refractivity contribution in [3.05, 3.63) is 22.4 Å². The summed E-state index contributed by atoms with van der Waals surface area (Å²) in [6, 6.07) is 3.88. The number of amides is 1. The molecule has 0 aliphatic rings. The van der Waals surface area contributed by atoms with Crippen molar-refractivity contribution < 1.29 is 9.59 Å². The van der Waals surface area contributed by atoms with E-state index in [4.69, 9.17) is 0 Å². The van der Waals surface area contributed by atoms with Gasteiger partial charge in [0, 0.05) is 15.9 Å². The van der Waals surface area contributed by atoms with Gasteiger partial charge in [-0.25, -0.2) is 0 Å². The van der Waals surface area contributed by atoms with Crippen LogP contribution < -0.4 is 5.32 Å². The Kier molecular flexibility index (Phi) is 14.7. The van der Waals surface area contributed by atoms with Crippen LogP contribution in [0.25, 0.3) is 9.40 Å². The summed E-state index contributed by atoms with van der Waals surface area (Å²) >= 11 is 3.04. The standard InChI is InChI=1S/C28H45NO2S2/c1-3-5-7-9-11-12-14-16-18-23(17-15-13-10-8-6-4-2)22-29-28(31)27(30)26-21-25-24(33-26)19-20-32-25/h19-21,23H,3-18,22H2,1-2H3,(H,29,31). The van der Waals surface area contributed by atoms with Crippen molar-refractivity contribution in [2.75, 3.05) is 6.54 Å². The molecule has 2 aromatic heterocycles. The summed E-state index contributed by atoms with van der Waals surface area (Å²) in [7, 11) is 0. The van der Waals surface area contributed by atoms with Crippen molar-refractivity contribution in [2.45, 2.75) is 117 Å². The van der Waals surface area contributed by atoms with Gasteiger partial charge >= 0.3 is 0 Å². The number of fused-ring (bicyclic) bond motifs is 1. The molecule has 2 aromatic rings. The van der Waals surface area contributed by atoms with Gasteiger partial charge in [0.1, 0.15) is 0 Å². The summed E-state index contributed by atoms with van der Waals surface area (Å²) in [5.74, 6) is -0.332. The molecule has 33 heavy (non-hydrogen) atoms. The largest absolute Gasteiger partial charge is 0.349 e. The summed E-state index contributed by atoms with van der Waals surface area (Å²) < 4.78 is 2.18. The van der Waals surface area contributed by atoms with Crippen LogP contribution in [0.5, 0.6) is 0 Å². The summed E-state index contributed by atoms with van der Waals surface area (Å²) in [6.07, 6.45) is 20.7. The Morgan fingerprint density at radius 1 is 0.788 bits per heavy atom. The van der Waals surface area contributed by atoms with E-state index >= 15 is 0 Å². The van der Waals surface area contributed by atoms with E-state index < -0.39 is 5.91 Å². The van der Waals surface area contributed by atoms with Crippen LogP contribution >= 0.6 is 22.7 Å². The Hall–Kier alpha value is -1.20. The van der Waals surface area contributed by atoms with Gasteiger partial charge in [-0.2, -0.15) is 0 Å². The molecule has 0 saturated heterocycles. The number of ketones is 1. The monoisotopic (exact) mass is 491 g/mol. The number of carbonyl (C=O) groups excluding carboxylic acids is 2. The number of hydrogen-bond acceptors (Lipinski definition) is 4.